The molecule has 1 aliphatic heterocycles. The molecule has 0 saturated carbocycles. The highest BCUT2D eigenvalue weighted by molar-refractivity contribution is 5.80. The quantitative estimate of drug-likeness (QED) is 0.0215. The molecule has 75 heavy (non-hydrogen) atoms. The highest BCUT2D eigenvalue weighted by Crippen LogP contribution is 2.23. The van der Waals surface area contributed by atoms with Crippen LogP contribution in [-0.4, -0.2) is 110 Å². The molecule has 440 valence electrons. The lowest BCUT2D eigenvalue weighted by Gasteiger charge is -2.40. The van der Waals surface area contributed by atoms with Gasteiger partial charge >= 0.3 is 0 Å². The molecule has 0 aromatic carbocycles. The van der Waals surface area contributed by atoms with Crippen molar-refractivity contribution in [1.29, 1.82) is 0 Å². The van der Waals surface area contributed by atoms with Gasteiger partial charge < -0.3 is 50.5 Å². The number of carbonyl (C=O) groups is 1. The first-order valence-corrected chi connectivity index (χ1v) is 31.5. The third-order valence-electron chi connectivity index (χ3n) is 15.1. The summed E-state index contributed by atoms with van der Waals surface area (Å²) in [6, 6.07) is -1.20. The van der Waals surface area contributed by atoms with Crippen molar-refractivity contribution in [1.82, 2.24) is 5.32 Å². The van der Waals surface area contributed by atoms with E-state index in [0.717, 1.165) is 57.8 Å². The second-order valence-corrected chi connectivity index (χ2v) is 22.1. The van der Waals surface area contributed by atoms with E-state index in [0.29, 0.717) is 19.3 Å². The Hall–Kier alpha value is -1.93. The Labute approximate surface area is 459 Å². The monoisotopic (exact) mass is 1060 g/mol. The van der Waals surface area contributed by atoms with Gasteiger partial charge in [0.05, 0.1) is 25.4 Å². The number of hydrogen-bond acceptors (Lipinski definition) is 10. The van der Waals surface area contributed by atoms with Crippen molar-refractivity contribution >= 4 is 5.91 Å². The third-order valence-corrected chi connectivity index (χ3v) is 15.1. The Morgan fingerprint density at radius 3 is 1.19 bits per heavy atom. The summed E-state index contributed by atoms with van der Waals surface area (Å²) in [5, 5.41) is 76.3. The second-order valence-electron chi connectivity index (χ2n) is 22.1. The molecule has 11 nitrogen and oxygen atoms in total. The molecular weight excluding hydrogens is 943 g/mol. The maximum atomic E-state index is 13.2. The molecule has 1 saturated heterocycles. The van der Waals surface area contributed by atoms with Crippen LogP contribution in [0.5, 0.6) is 0 Å². The van der Waals surface area contributed by atoms with Gasteiger partial charge in [-0.25, -0.2) is 0 Å². The van der Waals surface area contributed by atoms with Gasteiger partial charge in [0.15, 0.2) is 6.29 Å². The van der Waals surface area contributed by atoms with Crippen LogP contribution in [0, 0.1) is 0 Å². The smallest absolute Gasteiger partial charge is 0.249 e. The zero-order valence-electron chi connectivity index (χ0n) is 48.3. The van der Waals surface area contributed by atoms with Crippen LogP contribution in [0.25, 0.3) is 0 Å². The maximum Gasteiger partial charge on any atom is 0.249 e. The highest BCUT2D eigenvalue weighted by atomic mass is 16.7. The number of carbonyl (C=O) groups excluding carboxylic acids is 1. The van der Waals surface area contributed by atoms with Gasteiger partial charge in [0.1, 0.15) is 36.6 Å². The molecule has 9 unspecified atom stereocenters. The molecule has 0 bridgehead atoms. The Morgan fingerprint density at radius 2 is 0.800 bits per heavy atom. The largest absolute Gasteiger partial charge is 0.394 e. The first kappa shape index (κ1) is 71.1. The minimum Gasteiger partial charge on any atom is -0.394 e. The predicted octanol–water partition coefficient (Wildman–Crippen LogP) is 14.0. The molecule has 1 aliphatic rings. The molecule has 1 fully saturated rings. The van der Waals surface area contributed by atoms with Gasteiger partial charge in [0.2, 0.25) is 5.91 Å². The van der Waals surface area contributed by atoms with Crippen molar-refractivity contribution in [3.63, 3.8) is 0 Å². The standard InChI is InChI=1S/C64H119NO10/c1-3-5-7-9-11-13-15-17-19-21-23-25-27-28-30-31-33-35-37-39-41-43-45-47-49-51-56(67)59(69)55(54-74-64-62(72)61(71)60(70)58(53-66)75-64)65-63(73)57(68)52-50-48-46-44-42-40-38-36-34-32-29-26-24-22-20-18-16-14-12-10-8-6-4-2/h28,30,32,34-35,37,43,45,55-62,64,66-72H,3-27,29,31,33,36,38-42,44,46-54H2,1-2H3,(H,65,73)/b30-28+,34-32-,37-35+,45-43+. The third kappa shape index (κ3) is 40.9. The van der Waals surface area contributed by atoms with E-state index < -0.39 is 74.2 Å². The van der Waals surface area contributed by atoms with Crippen LogP contribution in [-0.2, 0) is 14.3 Å². The van der Waals surface area contributed by atoms with Crippen LogP contribution in [0.1, 0.15) is 284 Å². The van der Waals surface area contributed by atoms with E-state index in [2.05, 4.69) is 67.8 Å². The summed E-state index contributed by atoms with van der Waals surface area (Å²) in [7, 11) is 0. The number of nitrogens with one attached hydrogen (secondary N) is 1. The Kier molecular flexibility index (Phi) is 50.0. The minimum atomic E-state index is -1.68. The van der Waals surface area contributed by atoms with Crippen LogP contribution < -0.4 is 5.32 Å². The first-order valence-electron chi connectivity index (χ1n) is 31.5. The van der Waals surface area contributed by atoms with Crippen molar-refractivity contribution in [3.8, 4) is 0 Å². The van der Waals surface area contributed by atoms with Crippen molar-refractivity contribution < 1.29 is 50.0 Å². The number of unbranched alkanes of at least 4 members (excludes halogenated alkanes) is 34. The Bertz CT molecular complexity index is 1360. The van der Waals surface area contributed by atoms with Gasteiger partial charge in [-0.05, 0) is 89.9 Å². The normalized spacial score (nSPS) is 20.0. The van der Waals surface area contributed by atoms with Gasteiger partial charge in [-0.2, -0.15) is 0 Å². The van der Waals surface area contributed by atoms with Gasteiger partial charge in [-0.15, -0.1) is 0 Å². The number of ether oxygens (including phenoxy) is 2. The van der Waals surface area contributed by atoms with Crippen LogP contribution in [0.2, 0.25) is 0 Å². The van der Waals surface area contributed by atoms with Crippen molar-refractivity contribution in [3.05, 3.63) is 48.6 Å². The van der Waals surface area contributed by atoms with Crippen molar-refractivity contribution in [2.75, 3.05) is 13.2 Å². The number of allylic oxidation sites excluding steroid dienone is 8. The lowest BCUT2D eigenvalue weighted by atomic mass is 9.98. The molecule has 0 aliphatic carbocycles. The fourth-order valence-corrected chi connectivity index (χ4v) is 9.94. The number of amides is 1. The molecule has 1 rings (SSSR count). The number of hydrogen-bond donors (Lipinski definition) is 8. The zero-order chi connectivity index (χ0) is 54.7. The molecule has 0 aromatic rings. The minimum absolute atomic E-state index is 0.239. The predicted molar refractivity (Wildman–Crippen MR) is 311 cm³/mol. The molecule has 9 atom stereocenters. The average molecular weight is 1060 g/mol. The van der Waals surface area contributed by atoms with Crippen molar-refractivity contribution in [2.24, 2.45) is 0 Å². The van der Waals surface area contributed by atoms with Crippen molar-refractivity contribution in [2.45, 2.75) is 339 Å². The highest BCUT2D eigenvalue weighted by Gasteiger charge is 2.44. The summed E-state index contributed by atoms with van der Waals surface area (Å²) in [6.45, 7) is 3.46. The molecule has 0 aromatic heterocycles. The molecule has 8 N–H and O–H groups in total. The first-order chi connectivity index (χ1) is 36.7. The van der Waals surface area contributed by atoms with Gasteiger partial charge in [-0.3, -0.25) is 4.79 Å². The van der Waals surface area contributed by atoms with E-state index in [9.17, 15) is 40.5 Å². The molecular formula is C64H119NO10. The molecule has 0 spiro atoms. The SMILES string of the molecule is CCCCCCCCCCCCCC/C=C\CCCCCCCCCC(O)C(=O)NC(COC1OC(CO)C(O)C(O)C1O)C(O)C(O)CCC/C=C/CC/C=C/CC/C=C/CCCCCCCCCCCCCC. The average Bonchev–Trinajstić information content (AvgIpc) is 3.41. The number of rotatable bonds is 54. The lowest BCUT2D eigenvalue weighted by Crippen LogP contribution is -2.60. The maximum absolute atomic E-state index is 13.2. The van der Waals surface area contributed by atoms with E-state index in [4.69, 9.17) is 9.47 Å². The van der Waals surface area contributed by atoms with Gasteiger partial charge in [0, 0.05) is 0 Å². The van der Waals surface area contributed by atoms with E-state index >= 15 is 0 Å². The number of aliphatic hydroxyl groups excluding tert-OH is 7. The van der Waals surface area contributed by atoms with E-state index in [-0.39, 0.29) is 12.8 Å². The molecule has 1 heterocycles. The summed E-state index contributed by atoms with van der Waals surface area (Å²) in [6.07, 6.45) is 56.0. The lowest BCUT2D eigenvalue weighted by molar-refractivity contribution is -0.303. The van der Waals surface area contributed by atoms with E-state index in [1.165, 1.54) is 180 Å². The summed E-state index contributed by atoms with van der Waals surface area (Å²) in [4.78, 5) is 13.2. The summed E-state index contributed by atoms with van der Waals surface area (Å²) in [5.41, 5.74) is 0. The molecule has 1 amide bonds. The summed E-state index contributed by atoms with van der Waals surface area (Å²) >= 11 is 0. The fraction of sp³-hybridized carbons (Fsp3) is 0.859. The second kappa shape index (κ2) is 52.8. The Balaban J connectivity index is 2.32. The van der Waals surface area contributed by atoms with E-state index in [1.807, 2.05) is 0 Å². The summed E-state index contributed by atoms with van der Waals surface area (Å²) < 4.78 is 11.1. The number of aliphatic hydroxyl groups is 7. The van der Waals surface area contributed by atoms with Crippen LogP contribution >= 0.6 is 0 Å². The summed E-state index contributed by atoms with van der Waals surface area (Å²) in [5.74, 6) is -0.714. The van der Waals surface area contributed by atoms with E-state index in [1.54, 1.807) is 0 Å². The van der Waals surface area contributed by atoms with Gasteiger partial charge in [-0.1, -0.05) is 242 Å². The zero-order valence-corrected chi connectivity index (χ0v) is 48.3. The topological polar surface area (TPSA) is 189 Å². The molecule has 11 heteroatoms. The fourth-order valence-electron chi connectivity index (χ4n) is 9.94. The van der Waals surface area contributed by atoms with Crippen LogP contribution in [0.15, 0.2) is 48.6 Å². The van der Waals surface area contributed by atoms with Crippen LogP contribution in [0.3, 0.4) is 0 Å². The Morgan fingerprint density at radius 1 is 0.453 bits per heavy atom. The van der Waals surface area contributed by atoms with Crippen LogP contribution in [0.4, 0.5) is 0 Å². The van der Waals surface area contributed by atoms with Gasteiger partial charge in [0.25, 0.3) is 0 Å². The molecule has 0 radical (unpaired) electrons.